The summed E-state index contributed by atoms with van der Waals surface area (Å²) in [6, 6.07) is 7.93. The van der Waals surface area contributed by atoms with Gasteiger partial charge >= 0.3 is 65.1 Å². The Bertz CT molecular complexity index is 1390. The van der Waals surface area contributed by atoms with Crippen LogP contribution in [0.5, 0.6) is 23.0 Å². The molecule has 0 fully saturated rings. The van der Waals surface area contributed by atoms with Crippen LogP contribution in [-0.4, -0.2) is 15.8 Å². The predicted molar refractivity (Wildman–Crippen MR) is 112 cm³/mol. The molecule has 2 aliphatic heterocycles. The molecule has 0 aromatic heterocycles. The van der Waals surface area contributed by atoms with Gasteiger partial charge in [-0.3, -0.25) is 20.2 Å². The van der Waals surface area contributed by atoms with E-state index >= 15 is 0 Å². The van der Waals surface area contributed by atoms with Gasteiger partial charge in [0.2, 0.25) is 0 Å². The molecule has 0 atom stereocenters. The number of rotatable bonds is 2. The summed E-state index contributed by atoms with van der Waals surface area (Å²) in [5, 5.41) is 48.2. The average molecular weight is 624 g/mol. The van der Waals surface area contributed by atoms with Gasteiger partial charge in [-0.1, -0.05) is 18.2 Å². The minimum Gasteiger partial charge on any atom is -0.867 e. The molecule has 5 rings (SSSR count). The molecule has 0 amide bonds. The van der Waals surface area contributed by atoms with E-state index in [4.69, 9.17) is 9.47 Å². The van der Waals surface area contributed by atoms with Crippen LogP contribution in [0, 0.1) is 20.2 Å². The number of ether oxygens (including phenoxy) is 2. The fraction of sp³-hybridized carbons (Fsp3) is 0.0500. The molecule has 3 aromatic carbocycles. The van der Waals surface area contributed by atoms with Crippen molar-refractivity contribution < 1.29 is 93.4 Å². The largest absolute Gasteiger partial charge is 1.00 e. The predicted octanol–water partition coefficient (Wildman–Crippen LogP) is -2.25. The van der Waals surface area contributed by atoms with Crippen molar-refractivity contribution >= 4 is 49.2 Å². The molecule has 0 bridgehead atoms. The van der Waals surface area contributed by atoms with Crippen LogP contribution < -0.4 is 74.1 Å². The first-order valence-electron chi connectivity index (χ1n) is 8.97. The average Bonchev–Trinajstić information content (AvgIpc) is 3.07. The van der Waals surface area contributed by atoms with Gasteiger partial charge in [-0.2, -0.15) is 0 Å². The van der Waals surface area contributed by atoms with Gasteiger partial charge in [0.05, 0.1) is 35.5 Å². The van der Waals surface area contributed by atoms with Crippen LogP contribution in [0.1, 0.15) is 27.0 Å². The van der Waals surface area contributed by atoms with Gasteiger partial charge in [0.1, 0.15) is 11.5 Å². The Kier molecular flexibility index (Phi) is 7.67. The van der Waals surface area contributed by atoms with E-state index in [-0.39, 0.29) is 102 Å². The van der Waals surface area contributed by atoms with Crippen LogP contribution in [-0.2, 0) is 10.3 Å². The van der Waals surface area contributed by atoms with Gasteiger partial charge in [-0.05, 0) is 49.4 Å². The van der Waals surface area contributed by atoms with Crippen molar-refractivity contribution in [3.8, 4) is 23.0 Å². The SMILES string of the molecule is O=C1OC2(c3ccccc31)c1cc([N+](=O)[O-])c([O-])c(Br)c1Oc1c2cc([N+](=O)[O-])c([O-])c1Br.[Na+].[Na+]. The third kappa shape index (κ3) is 3.80. The first-order valence-corrected chi connectivity index (χ1v) is 10.6. The van der Waals surface area contributed by atoms with Gasteiger partial charge in [-0.25, -0.2) is 4.79 Å². The molecule has 0 N–H and O–H groups in total. The standard InChI is InChI=1S/C20H8Br2N2O9.2Na/c21-13-15(25)11(23(28)29)5-9-17(13)32-18-10(6-12(24(30)31)16(26)14(18)22)20(9)8-4-2-1-3-7(8)19(27)33-20;;/h1-6,25-26H;;/q;2*+1/p-2. The van der Waals surface area contributed by atoms with E-state index in [1.807, 2.05) is 0 Å². The minimum atomic E-state index is -1.96. The third-order valence-electron chi connectivity index (χ3n) is 5.44. The zero-order chi connectivity index (χ0) is 23.8. The van der Waals surface area contributed by atoms with Crippen LogP contribution >= 0.6 is 31.9 Å². The number of nitro groups is 2. The Balaban J connectivity index is 0.00000171. The smallest absolute Gasteiger partial charge is 0.867 e. The molecule has 2 heterocycles. The van der Waals surface area contributed by atoms with E-state index in [2.05, 4.69) is 31.9 Å². The number of carbonyl (C=O) groups excluding carboxylic acids is 1. The summed E-state index contributed by atoms with van der Waals surface area (Å²) < 4.78 is 10.9. The fourth-order valence-electron chi connectivity index (χ4n) is 4.06. The van der Waals surface area contributed by atoms with Crippen molar-refractivity contribution in [2.45, 2.75) is 5.60 Å². The third-order valence-corrected chi connectivity index (χ3v) is 6.88. The number of fused-ring (bicyclic) bond motifs is 6. The molecule has 0 unspecified atom stereocenters. The second kappa shape index (κ2) is 9.63. The van der Waals surface area contributed by atoms with Crippen LogP contribution in [0.4, 0.5) is 11.4 Å². The molecule has 0 aliphatic carbocycles. The van der Waals surface area contributed by atoms with Crippen molar-refractivity contribution in [3.63, 3.8) is 0 Å². The van der Waals surface area contributed by atoms with Crippen molar-refractivity contribution in [2.24, 2.45) is 0 Å². The Labute approximate surface area is 256 Å². The number of benzene rings is 3. The number of nitro benzene ring substituents is 2. The van der Waals surface area contributed by atoms with E-state index in [0.29, 0.717) is 0 Å². The van der Waals surface area contributed by atoms with Crippen LogP contribution in [0.2, 0.25) is 0 Å². The number of carbonyl (C=O) groups is 1. The topological polar surface area (TPSA) is 168 Å². The molecule has 0 saturated carbocycles. The molecule has 15 heteroatoms. The maximum atomic E-state index is 12.8. The van der Waals surface area contributed by atoms with Crippen LogP contribution in [0.15, 0.2) is 45.3 Å². The van der Waals surface area contributed by atoms with E-state index < -0.39 is 44.3 Å². The maximum Gasteiger partial charge on any atom is 1.00 e. The molecular formula is C20H6Br2N2Na2O9. The molecule has 35 heavy (non-hydrogen) atoms. The first kappa shape index (κ1) is 27.9. The summed E-state index contributed by atoms with van der Waals surface area (Å²) in [5.41, 5.74) is -3.52. The summed E-state index contributed by atoms with van der Waals surface area (Å²) in [6.07, 6.45) is 0. The number of halogens is 2. The fourth-order valence-corrected chi connectivity index (χ4v) is 5.06. The molecular weight excluding hydrogens is 618 g/mol. The number of hydrogen-bond donors (Lipinski definition) is 0. The normalized spacial score (nSPS) is 13.8. The van der Waals surface area contributed by atoms with Crippen molar-refractivity contribution in [1.29, 1.82) is 0 Å². The summed E-state index contributed by atoms with van der Waals surface area (Å²) in [6.45, 7) is 0. The Hall–Kier alpha value is -1.71. The van der Waals surface area contributed by atoms with Gasteiger partial charge in [-0.15, -0.1) is 0 Å². The van der Waals surface area contributed by atoms with Crippen molar-refractivity contribution in [1.82, 2.24) is 0 Å². The zero-order valence-electron chi connectivity index (χ0n) is 17.8. The summed E-state index contributed by atoms with van der Waals surface area (Å²) >= 11 is 6.04. The van der Waals surface area contributed by atoms with Crippen LogP contribution in [0.25, 0.3) is 0 Å². The Morgan fingerprint density at radius 3 is 1.71 bits per heavy atom. The quantitative estimate of drug-likeness (QED) is 0.133. The van der Waals surface area contributed by atoms with E-state index in [1.54, 1.807) is 12.1 Å². The summed E-state index contributed by atoms with van der Waals surface area (Å²) in [7, 11) is 0. The zero-order valence-corrected chi connectivity index (χ0v) is 25.0. The molecule has 0 saturated heterocycles. The van der Waals surface area contributed by atoms with Crippen molar-refractivity contribution in [3.05, 3.63) is 87.8 Å². The number of esters is 1. The van der Waals surface area contributed by atoms with Gasteiger partial charge in [0.15, 0.2) is 5.60 Å². The maximum absolute atomic E-state index is 12.8. The second-order valence-corrected chi connectivity index (χ2v) is 8.65. The first-order chi connectivity index (χ1) is 15.6. The monoisotopic (exact) mass is 622 g/mol. The molecule has 0 radical (unpaired) electrons. The molecule has 2 aliphatic rings. The molecule has 3 aromatic rings. The van der Waals surface area contributed by atoms with Gasteiger partial charge in [0, 0.05) is 17.7 Å². The summed E-state index contributed by atoms with van der Waals surface area (Å²) in [4.78, 5) is 34.1. The second-order valence-electron chi connectivity index (χ2n) is 7.06. The minimum absolute atomic E-state index is 0. The Morgan fingerprint density at radius 1 is 0.800 bits per heavy atom. The number of hydrogen-bond acceptors (Lipinski definition) is 9. The Morgan fingerprint density at radius 2 is 1.26 bits per heavy atom. The molecule has 11 nitrogen and oxygen atoms in total. The van der Waals surface area contributed by atoms with E-state index in [1.165, 1.54) is 12.1 Å². The number of nitrogens with zero attached hydrogens (tertiary/aromatic N) is 2. The van der Waals surface area contributed by atoms with Crippen LogP contribution in [0.3, 0.4) is 0 Å². The molecule has 166 valence electrons. The van der Waals surface area contributed by atoms with Gasteiger partial charge < -0.3 is 19.7 Å². The van der Waals surface area contributed by atoms with E-state index in [0.717, 1.165) is 12.1 Å². The van der Waals surface area contributed by atoms with E-state index in [9.17, 15) is 35.2 Å². The summed E-state index contributed by atoms with van der Waals surface area (Å²) in [5.74, 6) is -3.27. The van der Waals surface area contributed by atoms with Crippen molar-refractivity contribution in [2.75, 3.05) is 0 Å². The van der Waals surface area contributed by atoms with Gasteiger partial charge in [0.25, 0.3) is 11.4 Å². The molecule has 1 spiro atoms.